The van der Waals surface area contributed by atoms with Gasteiger partial charge >= 0.3 is 0 Å². The molecule has 0 aliphatic carbocycles. The number of benzene rings is 2. The maximum atomic E-state index is 12.7. The highest BCUT2D eigenvalue weighted by Crippen LogP contribution is 2.35. The third-order valence-corrected chi connectivity index (χ3v) is 6.10. The first-order chi connectivity index (χ1) is 15.5. The van der Waals surface area contributed by atoms with Crippen LogP contribution >= 0.6 is 22.9 Å². The van der Waals surface area contributed by atoms with E-state index < -0.39 is 11.8 Å². The first-order valence-corrected chi connectivity index (χ1v) is 10.8. The number of hydrogen-bond acceptors (Lipinski definition) is 6. The molecule has 0 saturated carbocycles. The standard InChI is InChI=1S/C23H14ClN3O4S/c24-17-10-13(25-20(28)11-14-12-32-21(26-14)19-6-3-9-31-19)7-8-18(17)27-22(29)15-4-1-2-5-16(15)23(27)30/h1-10,12H,11H2,(H,25,28). The van der Waals surface area contributed by atoms with Gasteiger partial charge in [-0.15, -0.1) is 11.3 Å². The van der Waals surface area contributed by atoms with Gasteiger partial charge in [-0.2, -0.15) is 0 Å². The summed E-state index contributed by atoms with van der Waals surface area (Å²) in [5, 5.41) is 5.44. The van der Waals surface area contributed by atoms with Crippen molar-refractivity contribution >= 4 is 52.0 Å². The summed E-state index contributed by atoms with van der Waals surface area (Å²) in [4.78, 5) is 43.3. The quantitative estimate of drug-likeness (QED) is 0.418. The molecule has 0 bridgehead atoms. The van der Waals surface area contributed by atoms with Crippen molar-refractivity contribution in [3.8, 4) is 10.8 Å². The molecule has 4 aromatic rings. The Hall–Kier alpha value is -3.75. The van der Waals surface area contributed by atoms with Crippen molar-refractivity contribution in [1.82, 2.24) is 4.98 Å². The third-order valence-electron chi connectivity index (χ3n) is 4.89. The number of halogens is 1. The monoisotopic (exact) mass is 463 g/mol. The molecule has 5 rings (SSSR count). The summed E-state index contributed by atoms with van der Waals surface area (Å²) in [7, 11) is 0. The molecule has 0 atom stereocenters. The Bertz CT molecular complexity index is 1330. The summed E-state index contributed by atoms with van der Waals surface area (Å²) in [6.07, 6.45) is 1.65. The lowest BCUT2D eigenvalue weighted by Crippen LogP contribution is -2.29. The molecular weight excluding hydrogens is 450 g/mol. The zero-order valence-corrected chi connectivity index (χ0v) is 17.9. The van der Waals surface area contributed by atoms with Crippen LogP contribution in [0.3, 0.4) is 0 Å². The lowest BCUT2D eigenvalue weighted by molar-refractivity contribution is -0.115. The van der Waals surface area contributed by atoms with Gasteiger partial charge in [0.2, 0.25) is 5.91 Å². The van der Waals surface area contributed by atoms with Gasteiger partial charge in [-0.1, -0.05) is 23.7 Å². The fourth-order valence-corrected chi connectivity index (χ4v) is 4.50. The molecule has 32 heavy (non-hydrogen) atoms. The molecule has 0 spiro atoms. The highest BCUT2D eigenvalue weighted by Gasteiger charge is 2.37. The minimum Gasteiger partial charge on any atom is -0.462 e. The Morgan fingerprint density at radius 3 is 2.47 bits per heavy atom. The first kappa shape index (κ1) is 20.2. The van der Waals surface area contributed by atoms with Gasteiger partial charge in [0.25, 0.3) is 11.8 Å². The van der Waals surface area contributed by atoms with Gasteiger partial charge in [-0.25, -0.2) is 9.88 Å². The van der Waals surface area contributed by atoms with E-state index in [4.69, 9.17) is 16.0 Å². The van der Waals surface area contributed by atoms with Crippen LogP contribution in [-0.2, 0) is 11.2 Å². The normalized spacial score (nSPS) is 12.8. The molecule has 2 aromatic heterocycles. The van der Waals surface area contributed by atoms with Crippen LogP contribution in [0.1, 0.15) is 26.4 Å². The van der Waals surface area contributed by atoms with Crippen LogP contribution in [-0.4, -0.2) is 22.7 Å². The van der Waals surface area contributed by atoms with E-state index in [9.17, 15) is 14.4 Å². The van der Waals surface area contributed by atoms with Crippen molar-refractivity contribution in [2.45, 2.75) is 6.42 Å². The van der Waals surface area contributed by atoms with Crippen molar-refractivity contribution in [2.75, 3.05) is 10.2 Å². The molecule has 2 aromatic carbocycles. The molecule has 1 aliphatic rings. The maximum absolute atomic E-state index is 12.7. The molecule has 0 fully saturated rings. The van der Waals surface area contributed by atoms with Crippen LogP contribution in [0.4, 0.5) is 11.4 Å². The van der Waals surface area contributed by atoms with E-state index in [-0.39, 0.29) is 23.0 Å². The Balaban J connectivity index is 1.29. The predicted molar refractivity (Wildman–Crippen MR) is 121 cm³/mol. The van der Waals surface area contributed by atoms with Crippen molar-refractivity contribution in [1.29, 1.82) is 0 Å². The van der Waals surface area contributed by atoms with E-state index in [2.05, 4.69) is 10.3 Å². The molecular formula is C23H14ClN3O4S. The van der Waals surface area contributed by atoms with Gasteiger partial charge in [0.15, 0.2) is 10.8 Å². The average molecular weight is 464 g/mol. The molecule has 9 heteroatoms. The van der Waals surface area contributed by atoms with Crippen LogP contribution in [0.25, 0.3) is 10.8 Å². The molecule has 158 valence electrons. The number of fused-ring (bicyclic) bond motifs is 1. The van der Waals surface area contributed by atoms with E-state index in [0.29, 0.717) is 33.3 Å². The highest BCUT2D eigenvalue weighted by molar-refractivity contribution is 7.13. The number of furan rings is 1. The van der Waals surface area contributed by atoms with E-state index in [1.54, 1.807) is 54.1 Å². The number of nitrogens with one attached hydrogen (secondary N) is 1. The number of carbonyl (C=O) groups excluding carboxylic acids is 3. The number of hydrogen-bond donors (Lipinski definition) is 1. The number of rotatable bonds is 5. The van der Waals surface area contributed by atoms with Crippen molar-refractivity contribution < 1.29 is 18.8 Å². The minimum absolute atomic E-state index is 0.0784. The van der Waals surface area contributed by atoms with Crippen LogP contribution in [0.5, 0.6) is 0 Å². The fourth-order valence-electron chi connectivity index (χ4n) is 3.45. The zero-order chi connectivity index (χ0) is 22.2. The van der Waals surface area contributed by atoms with Gasteiger partial charge in [0.05, 0.1) is 40.2 Å². The number of nitrogens with zero attached hydrogens (tertiary/aromatic N) is 2. The summed E-state index contributed by atoms with van der Waals surface area (Å²) in [5.74, 6) is -0.483. The summed E-state index contributed by atoms with van der Waals surface area (Å²) in [5.41, 5.74) is 2.00. The number of imide groups is 1. The highest BCUT2D eigenvalue weighted by atomic mass is 35.5. The maximum Gasteiger partial charge on any atom is 0.266 e. The molecule has 0 unspecified atom stereocenters. The Morgan fingerprint density at radius 1 is 1.06 bits per heavy atom. The van der Waals surface area contributed by atoms with Crippen molar-refractivity contribution in [3.05, 3.63) is 88.1 Å². The van der Waals surface area contributed by atoms with Gasteiger partial charge in [0.1, 0.15) is 0 Å². The van der Waals surface area contributed by atoms with Crippen molar-refractivity contribution in [3.63, 3.8) is 0 Å². The fraction of sp³-hybridized carbons (Fsp3) is 0.0435. The number of anilines is 2. The second-order valence-corrected chi connectivity index (χ2v) is 8.27. The SMILES string of the molecule is O=C(Cc1csc(-c2ccco2)n1)Nc1ccc(N2C(=O)c3ccccc3C2=O)c(Cl)c1. The molecule has 3 amide bonds. The number of aromatic nitrogens is 1. The summed E-state index contributed by atoms with van der Waals surface area (Å²) < 4.78 is 5.32. The van der Waals surface area contributed by atoms with E-state index in [0.717, 1.165) is 4.90 Å². The number of carbonyl (C=O) groups is 3. The van der Waals surface area contributed by atoms with Gasteiger partial charge in [-0.3, -0.25) is 14.4 Å². The lowest BCUT2D eigenvalue weighted by atomic mass is 10.1. The molecule has 1 N–H and O–H groups in total. The Morgan fingerprint density at radius 2 is 1.81 bits per heavy atom. The van der Waals surface area contributed by atoms with Crippen LogP contribution < -0.4 is 10.2 Å². The molecule has 7 nitrogen and oxygen atoms in total. The lowest BCUT2D eigenvalue weighted by Gasteiger charge is -2.16. The van der Waals surface area contributed by atoms with E-state index in [1.807, 2.05) is 0 Å². The van der Waals surface area contributed by atoms with Gasteiger partial charge in [0, 0.05) is 11.1 Å². The largest absolute Gasteiger partial charge is 0.462 e. The average Bonchev–Trinajstić information content (AvgIpc) is 3.51. The van der Waals surface area contributed by atoms with Crippen LogP contribution in [0, 0.1) is 0 Å². The number of thiazole rings is 1. The molecule has 0 saturated heterocycles. The van der Waals surface area contributed by atoms with E-state index in [1.165, 1.54) is 23.5 Å². The summed E-state index contributed by atoms with van der Waals surface area (Å²) in [6.45, 7) is 0. The minimum atomic E-state index is -0.430. The van der Waals surface area contributed by atoms with Crippen LogP contribution in [0.2, 0.25) is 5.02 Å². The van der Waals surface area contributed by atoms with Crippen LogP contribution in [0.15, 0.2) is 70.7 Å². The second-order valence-electron chi connectivity index (χ2n) is 7.00. The predicted octanol–water partition coefficient (Wildman–Crippen LogP) is 5.04. The summed E-state index contributed by atoms with van der Waals surface area (Å²) in [6, 6.07) is 14.8. The summed E-state index contributed by atoms with van der Waals surface area (Å²) >= 11 is 7.76. The second kappa shape index (κ2) is 8.07. The topological polar surface area (TPSA) is 92.5 Å². The zero-order valence-electron chi connectivity index (χ0n) is 16.4. The molecule has 3 heterocycles. The van der Waals surface area contributed by atoms with Crippen molar-refractivity contribution in [2.24, 2.45) is 0 Å². The van der Waals surface area contributed by atoms with Gasteiger partial charge < -0.3 is 9.73 Å². The first-order valence-electron chi connectivity index (χ1n) is 9.57. The Labute approximate surface area is 191 Å². The number of amides is 3. The molecule has 1 aliphatic heterocycles. The smallest absolute Gasteiger partial charge is 0.266 e. The Kier molecular flexibility index (Phi) is 5.08. The van der Waals surface area contributed by atoms with E-state index >= 15 is 0 Å². The third kappa shape index (κ3) is 3.59. The molecule has 0 radical (unpaired) electrons. The van der Waals surface area contributed by atoms with Gasteiger partial charge in [-0.05, 0) is 42.5 Å².